The Bertz CT molecular complexity index is 627. The fourth-order valence-electron chi connectivity index (χ4n) is 3.42. The predicted molar refractivity (Wildman–Crippen MR) is 73.6 cm³/mol. The van der Waals surface area contributed by atoms with Gasteiger partial charge in [-0.3, -0.25) is 4.79 Å². The molecule has 0 amide bonds. The van der Waals surface area contributed by atoms with Crippen molar-refractivity contribution in [3.63, 3.8) is 0 Å². The number of fused-ring (bicyclic) bond motifs is 3. The zero-order valence-electron chi connectivity index (χ0n) is 11.4. The van der Waals surface area contributed by atoms with Gasteiger partial charge in [0.2, 0.25) is 0 Å². The first kappa shape index (κ1) is 11.8. The average molecular weight is 271 g/mol. The Morgan fingerprint density at radius 2 is 2.10 bits per heavy atom. The fourth-order valence-corrected chi connectivity index (χ4v) is 3.42. The maximum atomic E-state index is 11.4. The highest BCUT2D eigenvalue weighted by atomic mass is 16.1. The highest BCUT2D eigenvalue weighted by Crippen LogP contribution is 2.39. The zero-order chi connectivity index (χ0) is 13.7. The van der Waals surface area contributed by atoms with E-state index in [1.54, 1.807) is 6.20 Å². The number of rotatable bonds is 1. The molecule has 20 heavy (non-hydrogen) atoms. The summed E-state index contributed by atoms with van der Waals surface area (Å²) in [6.07, 6.45) is 6.95. The van der Waals surface area contributed by atoms with E-state index in [9.17, 15) is 4.79 Å². The number of nitrogens with zero attached hydrogens (tertiary/aromatic N) is 4. The molecule has 4 rings (SSSR count). The van der Waals surface area contributed by atoms with E-state index in [0.29, 0.717) is 24.5 Å². The van der Waals surface area contributed by atoms with Crippen molar-refractivity contribution >= 4 is 5.78 Å². The van der Waals surface area contributed by atoms with Gasteiger partial charge in [0.1, 0.15) is 12.1 Å². The van der Waals surface area contributed by atoms with Crippen LogP contribution in [0.3, 0.4) is 0 Å². The van der Waals surface area contributed by atoms with Gasteiger partial charge in [0.05, 0.1) is 11.7 Å². The molecule has 0 aromatic rings. The topological polar surface area (TPSA) is 63.1 Å². The van der Waals surface area contributed by atoms with E-state index in [1.807, 2.05) is 29.2 Å². The lowest BCUT2D eigenvalue weighted by molar-refractivity contribution is -0.121. The van der Waals surface area contributed by atoms with E-state index < -0.39 is 0 Å². The van der Waals surface area contributed by atoms with Crippen molar-refractivity contribution in [2.24, 2.45) is 5.92 Å². The molecule has 1 aliphatic carbocycles. The smallest absolute Gasteiger partial charge is 0.162 e. The Morgan fingerprint density at radius 3 is 2.90 bits per heavy atom. The second kappa shape index (κ2) is 4.28. The molecule has 104 valence electrons. The molecule has 1 unspecified atom stereocenters. The first-order chi connectivity index (χ1) is 9.74. The fraction of sp³-hybridized carbons (Fsp3) is 0.500. The van der Waals surface area contributed by atoms with E-state index in [2.05, 4.69) is 15.4 Å². The first-order valence-corrected chi connectivity index (χ1v) is 7.08. The number of carbonyl (C=O) groups is 1. The van der Waals surface area contributed by atoms with Gasteiger partial charge in [0.15, 0.2) is 5.82 Å². The highest BCUT2D eigenvalue weighted by Gasteiger charge is 2.37. The van der Waals surface area contributed by atoms with E-state index in [1.165, 1.54) is 5.69 Å². The SMILES string of the molecule is CN1NC(C2CCC(=O)CC2)c2c3ccnc-3ncn21. The minimum Gasteiger partial charge on any atom is -0.300 e. The van der Waals surface area contributed by atoms with E-state index >= 15 is 0 Å². The van der Waals surface area contributed by atoms with Gasteiger partial charge in [-0.2, -0.15) is 0 Å². The molecule has 0 radical (unpaired) electrons. The molecule has 4 aliphatic rings. The van der Waals surface area contributed by atoms with Crippen LogP contribution in [0.1, 0.15) is 37.4 Å². The molecule has 1 saturated carbocycles. The zero-order valence-corrected chi connectivity index (χ0v) is 11.4. The molecular weight excluding hydrogens is 254 g/mol. The van der Waals surface area contributed by atoms with Crippen LogP contribution in [0.5, 0.6) is 0 Å². The van der Waals surface area contributed by atoms with E-state index in [0.717, 1.165) is 24.2 Å². The molecule has 6 heteroatoms. The van der Waals surface area contributed by atoms with Crippen LogP contribution in [-0.2, 0) is 4.79 Å². The lowest BCUT2D eigenvalue weighted by Crippen LogP contribution is -2.38. The second-order valence-electron chi connectivity index (χ2n) is 5.66. The van der Waals surface area contributed by atoms with Crippen LogP contribution in [0.2, 0.25) is 0 Å². The second-order valence-corrected chi connectivity index (χ2v) is 5.66. The Morgan fingerprint density at radius 1 is 1.30 bits per heavy atom. The summed E-state index contributed by atoms with van der Waals surface area (Å²) in [5.41, 5.74) is 5.82. The number of nitrogens with one attached hydrogen (secondary N) is 1. The lowest BCUT2D eigenvalue weighted by Gasteiger charge is -2.27. The van der Waals surface area contributed by atoms with Crippen molar-refractivity contribution in [2.45, 2.75) is 31.7 Å². The largest absolute Gasteiger partial charge is 0.300 e. The molecular formula is C14H17N5O. The van der Waals surface area contributed by atoms with Gasteiger partial charge in [-0.05, 0) is 24.8 Å². The molecule has 0 aromatic carbocycles. The van der Waals surface area contributed by atoms with Gasteiger partial charge in [-0.15, -0.1) is 0 Å². The number of hydrazine groups is 1. The van der Waals surface area contributed by atoms with Crippen molar-refractivity contribution in [1.29, 1.82) is 0 Å². The number of carbonyl (C=O) groups excluding carboxylic acids is 1. The van der Waals surface area contributed by atoms with Gasteiger partial charge in [0.25, 0.3) is 0 Å². The molecule has 0 spiro atoms. The summed E-state index contributed by atoms with van der Waals surface area (Å²) >= 11 is 0. The summed E-state index contributed by atoms with van der Waals surface area (Å²) in [5.74, 6) is 1.69. The molecule has 0 bridgehead atoms. The Labute approximate surface area is 117 Å². The minimum atomic E-state index is 0.239. The van der Waals surface area contributed by atoms with Crippen molar-refractivity contribution in [1.82, 2.24) is 20.1 Å². The summed E-state index contributed by atoms with van der Waals surface area (Å²) in [5, 5.41) is 1.97. The average Bonchev–Trinajstić information content (AvgIpc) is 3.04. The Kier molecular flexibility index (Phi) is 2.53. The molecule has 0 saturated heterocycles. The summed E-state index contributed by atoms with van der Waals surface area (Å²) < 4.78 is 2.05. The molecule has 1 atom stereocenters. The third-order valence-corrected chi connectivity index (χ3v) is 4.49. The van der Waals surface area contributed by atoms with Crippen LogP contribution < -0.4 is 10.5 Å². The van der Waals surface area contributed by atoms with Crippen molar-refractivity contribution in [2.75, 3.05) is 12.2 Å². The summed E-state index contributed by atoms with van der Waals surface area (Å²) in [4.78, 5) is 20.1. The van der Waals surface area contributed by atoms with E-state index in [-0.39, 0.29) is 6.04 Å². The maximum Gasteiger partial charge on any atom is 0.162 e. The van der Waals surface area contributed by atoms with Gasteiger partial charge < -0.3 is 0 Å². The van der Waals surface area contributed by atoms with Crippen LogP contribution in [-0.4, -0.2) is 27.5 Å². The number of hydrogen-bond donors (Lipinski definition) is 1. The number of aromatic nitrogens is 3. The molecule has 3 heterocycles. The monoisotopic (exact) mass is 271 g/mol. The minimum absolute atomic E-state index is 0.239. The lowest BCUT2D eigenvalue weighted by atomic mass is 9.81. The Balaban J connectivity index is 1.75. The van der Waals surface area contributed by atoms with Gasteiger partial charge in [0, 0.05) is 31.6 Å². The van der Waals surface area contributed by atoms with Gasteiger partial charge in [-0.1, -0.05) is 0 Å². The summed E-state index contributed by atoms with van der Waals surface area (Å²) in [6, 6.07) is 2.26. The predicted octanol–water partition coefficient (Wildman–Crippen LogP) is 1.27. The number of Topliss-reactive ketones (excluding diaryl/α,β-unsaturated/α-hetero) is 1. The van der Waals surface area contributed by atoms with Gasteiger partial charge >= 0.3 is 0 Å². The van der Waals surface area contributed by atoms with Crippen LogP contribution in [0, 0.1) is 5.92 Å². The van der Waals surface area contributed by atoms with Crippen molar-refractivity contribution in [3.05, 3.63) is 24.3 Å². The first-order valence-electron chi connectivity index (χ1n) is 7.08. The van der Waals surface area contributed by atoms with Crippen molar-refractivity contribution in [3.8, 4) is 11.4 Å². The van der Waals surface area contributed by atoms with Crippen LogP contribution in [0.15, 0.2) is 18.6 Å². The molecule has 1 N–H and O–H groups in total. The molecule has 6 nitrogen and oxygen atoms in total. The van der Waals surface area contributed by atoms with Crippen LogP contribution in [0.4, 0.5) is 0 Å². The van der Waals surface area contributed by atoms with E-state index in [4.69, 9.17) is 0 Å². The van der Waals surface area contributed by atoms with Crippen LogP contribution >= 0.6 is 0 Å². The maximum absolute atomic E-state index is 11.4. The molecule has 3 aliphatic heterocycles. The van der Waals surface area contributed by atoms with Crippen molar-refractivity contribution < 1.29 is 4.79 Å². The highest BCUT2D eigenvalue weighted by molar-refractivity contribution is 5.79. The van der Waals surface area contributed by atoms with Gasteiger partial charge in [-0.25, -0.2) is 25.2 Å². The molecule has 0 aromatic heterocycles. The third kappa shape index (κ3) is 1.64. The standard InChI is InChI=1S/C14H17N5O/c1-18-17-12(9-2-4-10(20)5-3-9)13-11-6-7-15-14(11)16-8-19(13)18/h6-9,12,17H,2-5H2,1H3. The Hall–Kier alpha value is -1.95. The third-order valence-electron chi connectivity index (χ3n) is 4.49. The summed E-state index contributed by atoms with van der Waals surface area (Å²) in [6.45, 7) is 0. The normalized spacial score (nSPS) is 23.6. The number of hydrogen-bond acceptors (Lipinski definition) is 5. The summed E-state index contributed by atoms with van der Waals surface area (Å²) in [7, 11) is 1.99. The van der Waals surface area contributed by atoms with Crippen LogP contribution in [0.25, 0.3) is 11.4 Å². The number of ketones is 1. The molecule has 1 fully saturated rings. The quantitative estimate of drug-likeness (QED) is 0.846.